The lowest BCUT2D eigenvalue weighted by Gasteiger charge is -2.44. The zero-order valence-electron chi connectivity index (χ0n) is 22.7. The summed E-state index contributed by atoms with van der Waals surface area (Å²) in [5, 5.41) is 0. The third kappa shape index (κ3) is 3.90. The average Bonchev–Trinajstić information content (AvgIpc) is 3.02. The lowest BCUT2D eigenvalue weighted by Crippen LogP contribution is -2.61. The Hall–Kier alpha value is -4.38. The predicted molar refractivity (Wildman–Crippen MR) is 166 cm³/mol. The third-order valence-corrected chi connectivity index (χ3v) is 9.14. The molecule has 0 bridgehead atoms. The molecule has 3 aliphatic rings. The number of nitrogens with zero attached hydrogens (tertiary/aromatic N) is 2. The summed E-state index contributed by atoms with van der Waals surface area (Å²) >= 11 is 0. The Labute approximate surface area is 240 Å². The highest BCUT2D eigenvalue weighted by atomic mass is 19.1. The van der Waals surface area contributed by atoms with Crippen molar-refractivity contribution in [3.05, 3.63) is 126 Å². The van der Waals surface area contributed by atoms with E-state index in [1.165, 1.54) is 49.8 Å². The maximum atomic E-state index is 15.0. The Morgan fingerprint density at radius 3 is 1.88 bits per heavy atom. The number of para-hydroxylation sites is 2. The van der Waals surface area contributed by atoms with Gasteiger partial charge in [0.15, 0.2) is 0 Å². The van der Waals surface area contributed by atoms with Crippen LogP contribution in [0.2, 0.25) is 0 Å². The number of hydrogen-bond donors (Lipinski definition) is 0. The minimum absolute atomic E-state index is 0.126. The van der Waals surface area contributed by atoms with Crippen molar-refractivity contribution in [1.82, 2.24) is 0 Å². The number of rotatable bonds is 3. The van der Waals surface area contributed by atoms with Crippen molar-refractivity contribution in [2.24, 2.45) is 0 Å². The van der Waals surface area contributed by atoms with Crippen LogP contribution in [0.15, 0.2) is 109 Å². The highest BCUT2D eigenvalue weighted by molar-refractivity contribution is 7.00. The molecule has 0 spiro atoms. The zero-order chi connectivity index (χ0) is 27.5. The van der Waals surface area contributed by atoms with Crippen LogP contribution in [0.25, 0.3) is 0 Å². The summed E-state index contributed by atoms with van der Waals surface area (Å²) in [6.07, 6.45) is 6.15. The van der Waals surface area contributed by atoms with E-state index in [1.54, 1.807) is 12.1 Å². The van der Waals surface area contributed by atoms with Gasteiger partial charge in [-0.1, -0.05) is 55.7 Å². The van der Waals surface area contributed by atoms with Crippen LogP contribution in [-0.2, 0) is 0 Å². The maximum Gasteiger partial charge on any atom is 0.252 e. The standard InChI is InChI=1S/C36H29BF2N2/c38-26-15-18-29(19-16-26)41-32-14-8-7-13-30(32)37-31-23-27(39)17-20-33(31)40(28-11-5-2-6-12-28)34-21-25(22-35(41)36(34)37)24-9-3-1-4-10-24/h2,5-8,11-24H,1,3-4,9-10H2. The number of anilines is 6. The third-order valence-electron chi connectivity index (χ3n) is 9.14. The topological polar surface area (TPSA) is 6.48 Å². The number of halogens is 2. The van der Waals surface area contributed by atoms with Gasteiger partial charge in [0.25, 0.3) is 6.71 Å². The van der Waals surface area contributed by atoms with Crippen LogP contribution in [0.4, 0.5) is 42.9 Å². The molecule has 1 saturated carbocycles. The molecule has 2 heterocycles. The molecule has 41 heavy (non-hydrogen) atoms. The Morgan fingerprint density at radius 2 is 1.15 bits per heavy atom. The molecule has 0 aromatic heterocycles. The van der Waals surface area contributed by atoms with E-state index in [0.717, 1.165) is 50.5 Å². The largest absolute Gasteiger partial charge is 0.311 e. The van der Waals surface area contributed by atoms with E-state index in [9.17, 15) is 4.39 Å². The molecule has 1 aliphatic carbocycles. The minimum Gasteiger partial charge on any atom is -0.311 e. The van der Waals surface area contributed by atoms with Gasteiger partial charge in [0.2, 0.25) is 0 Å². The van der Waals surface area contributed by atoms with Crippen molar-refractivity contribution in [2.75, 3.05) is 9.80 Å². The lowest BCUT2D eigenvalue weighted by atomic mass is 9.33. The van der Waals surface area contributed by atoms with E-state index < -0.39 is 0 Å². The normalized spacial score (nSPS) is 15.8. The Bertz CT molecular complexity index is 1760. The minimum atomic E-state index is -0.255. The highest BCUT2D eigenvalue weighted by Gasteiger charge is 2.43. The number of benzene rings is 5. The predicted octanol–water partition coefficient (Wildman–Crippen LogP) is 8.10. The van der Waals surface area contributed by atoms with E-state index in [0.29, 0.717) is 5.92 Å². The van der Waals surface area contributed by atoms with E-state index >= 15 is 4.39 Å². The maximum absolute atomic E-state index is 15.0. The van der Waals surface area contributed by atoms with Crippen LogP contribution >= 0.6 is 0 Å². The fourth-order valence-corrected chi connectivity index (χ4v) is 7.34. The Kier molecular flexibility index (Phi) is 5.73. The van der Waals surface area contributed by atoms with Gasteiger partial charge in [-0.2, -0.15) is 0 Å². The second-order valence-electron chi connectivity index (χ2n) is 11.5. The average molecular weight is 538 g/mol. The quantitative estimate of drug-likeness (QED) is 0.210. The van der Waals surface area contributed by atoms with Crippen LogP contribution in [0.5, 0.6) is 0 Å². The van der Waals surface area contributed by atoms with Crippen LogP contribution < -0.4 is 26.2 Å². The number of fused-ring (bicyclic) bond motifs is 4. The van der Waals surface area contributed by atoms with Gasteiger partial charge in [0, 0.05) is 34.1 Å². The molecule has 0 atom stereocenters. The van der Waals surface area contributed by atoms with Crippen molar-refractivity contribution in [2.45, 2.75) is 38.0 Å². The van der Waals surface area contributed by atoms with Crippen LogP contribution in [-0.4, -0.2) is 6.71 Å². The summed E-state index contributed by atoms with van der Waals surface area (Å²) < 4.78 is 29.2. The van der Waals surface area contributed by atoms with Crippen molar-refractivity contribution >= 4 is 57.2 Å². The van der Waals surface area contributed by atoms with Crippen LogP contribution in [0, 0.1) is 11.6 Å². The molecule has 5 aromatic rings. The smallest absolute Gasteiger partial charge is 0.252 e. The molecular formula is C36H29BF2N2. The second kappa shape index (κ2) is 9.62. The van der Waals surface area contributed by atoms with Gasteiger partial charge in [-0.05, 0) is 114 Å². The molecule has 5 aromatic carbocycles. The van der Waals surface area contributed by atoms with Crippen LogP contribution in [0.3, 0.4) is 0 Å². The van der Waals surface area contributed by atoms with E-state index in [4.69, 9.17) is 0 Å². The molecule has 1 fully saturated rings. The van der Waals surface area contributed by atoms with E-state index in [1.807, 2.05) is 24.3 Å². The zero-order valence-corrected chi connectivity index (χ0v) is 22.7. The molecule has 2 aliphatic heterocycles. The van der Waals surface area contributed by atoms with Gasteiger partial charge >= 0.3 is 0 Å². The molecule has 8 rings (SSSR count). The first kappa shape index (κ1) is 24.4. The van der Waals surface area contributed by atoms with Gasteiger partial charge in [-0.15, -0.1) is 0 Å². The monoisotopic (exact) mass is 538 g/mol. The molecule has 5 heteroatoms. The first-order chi connectivity index (χ1) is 20.2. The fraction of sp³-hybridized carbons (Fsp3) is 0.167. The van der Waals surface area contributed by atoms with E-state index in [2.05, 4.69) is 70.5 Å². The van der Waals surface area contributed by atoms with Gasteiger partial charge in [0.05, 0.1) is 0 Å². The van der Waals surface area contributed by atoms with Gasteiger partial charge in [-0.25, -0.2) is 8.78 Å². The fourth-order valence-electron chi connectivity index (χ4n) is 7.34. The second-order valence-corrected chi connectivity index (χ2v) is 11.5. The summed E-state index contributed by atoms with van der Waals surface area (Å²) in [4.78, 5) is 4.59. The van der Waals surface area contributed by atoms with Crippen molar-refractivity contribution in [3.63, 3.8) is 0 Å². The van der Waals surface area contributed by atoms with Crippen molar-refractivity contribution < 1.29 is 8.78 Å². The summed E-state index contributed by atoms with van der Waals surface area (Å²) in [7, 11) is 0. The van der Waals surface area contributed by atoms with Crippen molar-refractivity contribution in [3.8, 4) is 0 Å². The van der Waals surface area contributed by atoms with Gasteiger partial charge in [-0.3, -0.25) is 0 Å². The van der Waals surface area contributed by atoms with Gasteiger partial charge in [0.1, 0.15) is 11.6 Å². The molecule has 0 amide bonds. The highest BCUT2D eigenvalue weighted by Crippen LogP contribution is 2.46. The number of hydrogen-bond acceptors (Lipinski definition) is 2. The first-order valence-corrected chi connectivity index (χ1v) is 14.6. The Morgan fingerprint density at radius 1 is 0.537 bits per heavy atom. The summed E-state index contributed by atoms with van der Waals surface area (Å²) in [5.41, 5.74) is 10.8. The molecule has 0 radical (unpaired) electrons. The lowest BCUT2D eigenvalue weighted by molar-refractivity contribution is 0.444. The molecule has 200 valence electrons. The first-order valence-electron chi connectivity index (χ1n) is 14.6. The Balaban J connectivity index is 1.47. The molecule has 2 nitrogen and oxygen atoms in total. The van der Waals surface area contributed by atoms with Gasteiger partial charge < -0.3 is 9.80 Å². The van der Waals surface area contributed by atoms with Crippen molar-refractivity contribution in [1.29, 1.82) is 0 Å². The summed E-state index contributed by atoms with van der Waals surface area (Å²) in [6.45, 7) is -0.126. The summed E-state index contributed by atoms with van der Waals surface area (Å²) in [5.74, 6) is -0.00294. The molecule has 0 N–H and O–H groups in total. The van der Waals surface area contributed by atoms with E-state index in [-0.39, 0.29) is 18.3 Å². The SMILES string of the molecule is Fc1ccc(N2c3ccccc3B3c4cc(F)ccc4N(c4ccccc4)c4cc(C5CCCCC5)cc2c43)cc1. The molecule has 0 saturated heterocycles. The van der Waals surface area contributed by atoms with Crippen LogP contribution in [0.1, 0.15) is 43.6 Å². The summed E-state index contributed by atoms with van der Waals surface area (Å²) in [6, 6.07) is 35.6. The molecule has 0 unspecified atom stereocenters. The molecular weight excluding hydrogens is 509 g/mol.